The van der Waals surface area contributed by atoms with E-state index in [9.17, 15) is 24.7 Å². The number of fused-ring (bicyclic) bond motifs is 2. The Morgan fingerprint density at radius 3 is 1.64 bits per heavy atom. The van der Waals surface area contributed by atoms with E-state index in [1.807, 2.05) is 0 Å². The van der Waals surface area contributed by atoms with Gasteiger partial charge in [-0.2, -0.15) is 9.42 Å². The number of carbonyl (C=O) groups is 2. The maximum absolute atomic E-state index is 11.8. The minimum Gasteiger partial charge on any atom is -0.388 e. The van der Waals surface area contributed by atoms with Gasteiger partial charge < -0.3 is 31.2 Å². The first-order valence-corrected chi connectivity index (χ1v) is 15.6. The molecule has 0 radical (unpaired) electrons. The van der Waals surface area contributed by atoms with Gasteiger partial charge in [-0.25, -0.2) is 29.9 Å². The standard InChI is InChI=1S/C21H22Br2N10O10P/c1-39-44(38,42-8-2-6(34)20(40-8)32-4-26-10-14(24)28-16(12(22)36)30-18(10)32)43-9-3-7(35)21(41-9)33-5-27-11-15(25)29-17(13(23)37)31-19(11)33/h4-9,20-21,34-35,38H,2-3H2,1H3,(H2,24,28,30)(H2,25,29,31)/q+1. The summed E-state index contributed by atoms with van der Waals surface area (Å²) in [6, 6.07) is 0. The molecule has 0 amide bonds. The number of rotatable bonds is 9. The molecule has 6 atom stereocenters. The number of aliphatic hydroxyl groups is 2. The Morgan fingerprint density at radius 1 is 0.864 bits per heavy atom. The summed E-state index contributed by atoms with van der Waals surface area (Å²) in [5.74, 6) is -0.560. The van der Waals surface area contributed by atoms with Crippen molar-refractivity contribution in [2.45, 2.75) is 50.1 Å². The van der Waals surface area contributed by atoms with E-state index in [1.54, 1.807) is 0 Å². The lowest BCUT2D eigenvalue weighted by Gasteiger charge is -2.20. The zero-order chi connectivity index (χ0) is 31.5. The SMILES string of the molecule is CO[P+](O)(OC1CC(O)C(n2cnc3c(N)nc(C(=O)Br)nc32)O1)OC1CC(O)C(n2cnc3c(N)nc(C(=O)Br)nc32)O1. The summed E-state index contributed by atoms with van der Waals surface area (Å²) in [6.07, 6.45) is -4.78. The molecule has 2 aliphatic rings. The monoisotopic (exact) mass is 763 g/mol. The molecule has 6 rings (SSSR count). The minimum absolute atomic E-state index is 0.0568. The van der Waals surface area contributed by atoms with E-state index in [0.717, 1.165) is 7.11 Å². The second-order valence-electron chi connectivity index (χ2n) is 9.44. The second kappa shape index (κ2) is 11.8. The molecule has 6 unspecified atom stereocenters. The highest BCUT2D eigenvalue weighted by molar-refractivity contribution is 9.18. The number of hydrogen-bond donors (Lipinski definition) is 5. The summed E-state index contributed by atoms with van der Waals surface area (Å²) >= 11 is 5.56. The molecule has 23 heteroatoms. The van der Waals surface area contributed by atoms with Crippen molar-refractivity contribution < 1.29 is 47.7 Å². The van der Waals surface area contributed by atoms with E-state index in [1.165, 1.54) is 21.8 Å². The highest BCUT2D eigenvalue weighted by atomic mass is 79.9. The number of imidazole rings is 2. The fourth-order valence-corrected chi connectivity index (χ4v) is 6.14. The predicted molar refractivity (Wildman–Crippen MR) is 153 cm³/mol. The number of halogens is 2. The molecule has 0 spiro atoms. The normalized spacial score (nSPS) is 26.9. The average Bonchev–Trinajstić information content (AvgIpc) is 3.73. The first-order valence-electron chi connectivity index (χ1n) is 12.5. The summed E-state index contributed by atoms with van der Waals surface area (Å²) < 4.78 is 29.5. The molecule has 2 aliphatic heterocycles. The number of nitrogens with zero attached hydrogens (tertiary/aromatic N) is 8. The second-order valence-corrected chi connectivity index (χ2v) is 12.6. The molecule has 234 valence electrons. The van der Waals surface area contributed by atoms with Crippen LogP contribution in [0, 0.1) is 0 Å². The van der Waals surface area contributed by atoms with Crippen molar-refractivity contribution in [2.75, 3.05) is 18.6 Å². The maximum Gasteiger partial charge on any atom is 0.577 e. The Hall–Kier alpha value is -2.89. The average molecular weight is 765 g/mol. The molecular formula is C21H22Br2N10O10P+. The first-order chi connectivity index (χ1) is 20.9. The van der Waals surface area contributed by atoms with E-state index in [0.29, 0.717) is 0 Å². The third-order valence-electron chi connectivity index (χ3n) is 6.64. The Balaban J connectivity index is 1.16. The van der Waals surface area contributed by atoms with Gasteiger partial charge in [0.2, 0.25) is 24.2 Å². The van der Waals surface area contributed by atoms with Crippen LogP contribution in [0.2, 0.25) is 0 Å². The zero-order valence-corrected chi connectivity index (χ0v) is 26.2. The molecule has 0 bridgehead atoms. The molecule has 0 aliphatic carbocycles. The molecule has 4 aromatic heterocycles. The van der Waals surface area contributed by atoms with E-state index in [4.69, 9.17) is 34.5 Å². The zero-order valence-electron chi connectivity index (χ0n) is 22.2. The van der Waals surface area contributed by atoms with Crippen molar-refractivity contribution in [1.82, 2.24) is 39.0 Å². The van der Waals surface area contributed by atoms with Gasteiger partial charge in [-0.3, -0.25) is 18.7 Å². The summed E-state index contributed by atoms with van der Waals surface area (Å²) in [5.41, 5.74) is 12.4. The number of hydrogen-bond acceptors (Lipinski definition) is 18. The quantitative estimate of drug-likeness (QED) is 0.114. The number of ether oxygens (including phenoxy) is 2. The van der Waals surface area contributed by atoms with Crippen LogP contribution < -0.4 is 11.5 Å². The lowest BCUT2D eigenvalue weighted by molar-refractivity contribution is -0.152. The van der Waals surface area contributed by atoms with Gasteiger partial charge in [-0.15, -0.1) is 9.05 Å². The van der Waals surface area contributed by atoms with Crippen LogP contribution in [0.5, 0.6) is 0 Å². The van der Waals surface area contributed by atoms with Crippen molar-refractivity contribution in [3.8, 4) is 0 Å². The minimum atomic E-state index is -4.18. The van der Waals surface area contributed by atoms with Gasteiger partial charge in [0.1, 0.15) is 23.2 Å². The molecule has 6 heterocycles. The Labute approximate surface area is 262 Å². The van der Waals surface area contributed by atoms with Gasteiger partial charge in [0.05, 0.1) is 19.8 Å². The molecule has 20 nitrogen and oxygen atoms in total. The number of aliphatic hydroxyl groups excluding tert-OH is 2. The molecule has 7 N–H and O–H groups in total. The third kappa shape index (κ3) is 5.67. The van der Waals surface area contributed by atoms with Crippen LogP contribution in [-0.4, -0.2) is 95.4 Å². The van der Waals surface area contributed by atoms with Gasteiger partial charge in [-0.05, 0) is 0 Å². The molecule has 0 aromatic carbocycles. The van der Waals surface area contributed by atoms with Crippen molar-refractivity contribution >= 4 is 83.4 Å². The molecule has 2 saturated heterocycles. The van der Waals surface area contributed by atoms with E-state index >= 15 is 0 Å². The Morgan fingerprint density at radius 2 is 1.27 bits per heavy atom. The molecular weight excluding hydrogens is 743 g/mol. The molecule has 2 fully saturated rings. The van der Waals surface area contributed by atoms with Crippen LogP contribution in [0.15, 0.2) is 12.7 Å². The molecule has 0 saturated carbocycles. The largest absolute Gasteiger partial charge is 0.577 e. The maximum atomic E-state index is 11.8. The topological polar surface area (TPSA) is 280 Å². The van der Waals surface area contributed by atoms with Gasteiger partial charge in [0, 0.05) is 44.7 Å². The van der Waals surface area contributed by atoms with Crippen LogP contribution in [0.4, 0.5) is 11.6 Å². The van der Waals surface area contributed by atoms with Crippen molar-refractivity contribution in [3.05, 3.63) is 24.3 Å². The lowest BCUT2D eigenvalue weighted by Crippen LogP contribution is -2.21. The number of nitrogen functional groups attached to an aromatic ring is 2. The van der Waals surface area contributed by atoms with Gasteiger partial charge in [0.25, 0.3) is 9.39 Å². The van der Waals surface area contributed by atoms with Crippen molar-refractivity contribution in [2.24, 2.45) is 0 Å². The number of anilines is 2. The van der Waals surface area contributed by atoms with Crippen molar-refractivity contribution in [1.29, 1.82) is 0 Å². The molecule has 4 aromatic rings. The van der Waals surface area contributed by atoms with E-state index in [-0.39, 0.29) is 58.5 Å². The number of aromatic nitrogens is 8. The Kier molecular flexibility index (Phi) is 8.34. The van der Waals surface area contributed by atoms with Crippen LogP contribution in [-0.2, 0) is 23.0 Å². The van der Waals surface area contributed by atoms with Crippen LogP contribution in [0.3, 0.4) is 0 Å². The summed E-state index contributed by atoms with van der Waals surface area (Å²) in [7, 11) is -3.05. The molecule has 44 heavy (non-hydrogen) atoms. The fourth-order valence-electron chi connectivity index (χ4n) is 4.70. The summed E-state index contributed by atoms with van der Waals surface area (Å²) in [5, 5.41) is 21.5. The van der Waals surface area contributed by atoms with Gasteiger partial charge >= 0.3 is 8.17 Å². The lowest BCUT2D eigenvalue weighted by atomic mass is 10.2. The van der Waals surface area contributed by atoms with Crippen LogP contribution >= 0.6 is 40.0 Å². The van der Waals surface area contributed by atoms with Crippen LogP contribution in [0.1, 0.15) is 46.5 Å². The van der Waals surface area contributed by atoms with Crippen molar-refractivity contribution in [3.63, 3.8) is 0 Å². The first kappa shape index (κ1) is 31.1. The van der Waals surface area contributed by atoms with E-state index < -0.39 is 54.8 Å². The van der Waals surface area contributed by atoms with Crippen LogP contribution in [0.25, 0.3) is 22.3 Å². The number of carbonyl (C=O) groups excluding carboxylic acids is 2. The highest BCUT2D eigenvalue weighted by Crippen LogP contribution is 2.61. The number of nitrogens with two attached hydrogens (primary N) is 2. The van der Waals surface area contributed by atoms with Gasteiger partial charge in [0.15, 0.2) is 35.4 Å². The smallest absolute Gasteiger partial charge is 0.388 e. The summed E-state index contributed by atoms with van der Waals surface area (Å²) in [4.78, 5) is 58.9. The third-order valence-corrected chi connectivity index (χ3v) is 8.81. The van der Waals surface area contributed by atoms with E-state index in [2.05, 4.69) is 61.8 Å². The van der Waals surface area contributed by atoms with Gasteiger partial charge in [-0.1, -0.05) is 0 Å². The Bertz CT molecular complexity index is 1650. The highest BCUT2D eigenvalue weighted by Gasteiger charge is 2.55. The fraction of sp³-hybridized carbons (Fsp3) is 0.429. The summed E-state index contributed by atoms with van der Waals surface area (Å²) in [6.45, 7) is 0. The predicted octanol–water partition coefficient (Wildman–Crippen LogP) is 0.462.